The van der Waals surface area contributed by atoms with Gasteiger partial charge in [0.05, 0.1) is 12.7 Å². The molecule has 2 aromatic rings. The summed E-state index contributed by atoms with van der Waals surface area (Å²) in [6, 6.07) is 9.74. The number of H-pyrrole nitrogens is 1. The number of aliphatic imine (C=N–C) groups is 1. The van der Waals surface area contributed by atoms with Gasteiger partial charge in [-0.2, -0.15) is 5.10 Å². The normalized spacial score (nSPS) is 11.7. The Balaban J connectivity index is 2.12. The molecule has 16 heavy (non-hydrogen) atoms. The number of hydrogen-bond donors (Lipinski definition) is 2. The quantitative estimate of drug-likeness (QED) is 0.602. The van der Waals surface area contributed by atoms with Crippen LogP contribution in [0.5, 0.6) is 0 Å². The third kappa shape index (κ3) is 2.28. The number of nitrogens with one attached hydrogen (secondary N) is 1. The van der Waals surface area contributed by atoms with Gasteiger partial charge < -0.3 is 5.73 Å². The highest BCUT2D eigenvalue weighted by molar-refractivity contribution is 5.97. The third-order valence-electron chi connectivity index (χ3n) is 2.42. The van der Waals surface area contributed by atoms with Gasteiger partial charge in [-0.1, -0.05) is 30.3 Å². The van der Waals surface area contributed by atoms with E-state index in [2.05, 4.69) is 15.2 Å². The molecule has 3 N–H and O–H groups in total. The second-order valence-corrected chi connectivity index (χ2v) is 3.59. The summed E-state index contributed by atoms with van der Waals surface area (Å²) in [4.78, 5) is 4.33. The van der Waals surface area contributed by atoms with Crippen molar-refractivity contribution >= 4 is 5.84 Å². The monoisotopic (exact) mass is 214 g/mol. The average molecular weight is 214 g/mol. The number of benzene rings is 1. The second-order valence-electron chi connectivity index (χ2n) is 3.59. The lowest BCUT2D eigenvalue weighted by Gasteiger charge is -2.00. The molecule has 0 aliphatic heterocycles. The maximum absolute atomic E-state index is 5.88. The first-order valence-electron chi connectivity index (χ1n) is 5.11. The molecule has 0 amide bonds. The highest BCUT2D eigenvalue weighted by Crippen LogP contribution is 2.05. The smallest absolute Gasteiger partial charge is 0.125 e. The van der Waals surface area contributed by atoms with Gasteiger partial charge in [-0.3, -0.25) is 10.1 Å². The van der Waals surface area contributed by atoms with Crippen LogP contribution in [-0.4, -0.2) is 16.0 Å². The van der Waals surface area contributed by atoms with Crippen molar-refractivity contribution in [2.75, 3.05) is 0 Å². The van der Waals surface area contributed by atoms with Gasteiger partial charge >= 0.3 is 0 Å². The fraction of sp³-hybridized carbons (Fsp3) is 0.167. The van der Waals surface area contributed by atoms with Gasteiger partial charge in [0.2, 0.25) is 0 Å². The van der Waals surface area contributed by atoms with Crippen LogP contribution in [0.2, 0.25) is 0 Å². The van der Waals surface area contributed by atoms with Crippen LogP contribution in [0.15, 0.2) is 41.5 Å². The van der Waals surface area contributed by atoms with Gasteiger partial charge in [0.25, 0.3) is 0 Å². The van der Waals surface area contributed by atoms with Gasteiger partial charge in [0.15, 0.2) is 0 Å². The minimum Gasteiger partial charge on any atom is -0.383 e. The summed E-state index contributed by atoms with van der Waals surface area (Å²) in [5.74, 6) is 0.557. The van der Waals surface area contributed by atoms with Crippen LogP contribution in [-0.2, 0) is 6.54 Å². The largest absolute Gasteiger partial charge is 0.383 e. The first kappa shape index (κ1) is 10.4. The number of aromatic nitrogens is 2. The number of hydrogen-bond acceptors (Lipinski definition) is 2. The van der Waals surface area contributed by atoms with Crippen molar-refractivity contribution in [1.29, 1.82) is 0 Å². The van der Waals surface area contributed by atoms with E-state index < -0.39 is 0 Å². The molecule has 0 radical (unpaired) electrons. The maximum Gasteiger partial charge on any atom is 0.125 e. The Labute approximate surface area is 94.2 Å². The van der Waals surface area contributed by atoms with Crippen molar-refractivity contribution in [1.82, 2.24) is 10.2 Å². The lowest BCUT2D eigenvalue weighted by molar-refractivity contribution is 1.02. The number of aryl methyl sites for hydroxylation is 1. The molecule has 1 aromatic carbocycles. The molecule has 0 atom stereocenters. The van der Waals surface area contributed by atoms with Gasteiger partial charge in [-0.05, 0) is 6.92 Å². The summed E-state index contributed by atoms with van der Waals surface area (Å²) >= 11 is 0. The highest BCUT2D eigenvalue weighted by Gasteiger charge is 2.00. The summed E-state index contributed by atoms with van der Waals surface area (Å²) in [6.45, 7) is 2.53. The second kappa shape index (κ2) is 4.61. The fourth-order valence-electron chi connectivity index (χ4n) is 1.41. The molecule has 4 nitrogen and oxygen atoms in total. The van der Waals surface area contributed by atoms with Crippen LogP contribution in [0.3, 0.4) is 0 Å². The van der Waals surface area contributed by atoms with E-state index in [1.54, 1.807) is 6.20 Å². The predicted octanol–water partition coefficient (Wildman–Crippen LogP) is 1.62. The van der Waals surface area contributed by atoms with Crippen molar-refractivity contribution in [3.05, 3.63) is 53.3 Å². The van der Waals surface area contributed by atoms with Crippen LogP contribution < -0.4 is 5.73 Å². The lowest BCUT2D eigenvalue weighted by atomic mass is 10.2. The average Bonchev–Trinajstić information content (AvgIpc) is 2.73. The molecule has 1 aromatic heterocycles. The van der Waals surface area contributed by atoms with Crippen LogP contribution in [0.25, 0.3) is 0 Å². The minimum absolute atomic E-state index is 0.557. The van der Waals surface area contributed by atoms with Crippen molar-refractivity contribution in [2.45, 2.75) is 13.5 Å². The van der Waals surface area contributed by atoms with Crippen LogP contribution in [0.4, 0.5) is 0 Å². The molecule has 0 spiro atoms. The maximum atomic E-state index is 5.88. The van der Waals surface area contributed by atoms with Gasteiger partial charge in [-0.15, -0.1) is 0 Å². The molecule has 0 aliphatic rings. The summed E-state index contributed by atoms with van der Waals surface area (Å²) in [5, 5.41) is 6.81. The molecule has 0 unspecified atom stereocenters. The summed E-state index contributed by atoms with van der Waals surface area (Å²) in [7, 11) is 0. The molecule has 4 heteroatoms. The number of rotatable bonds is 3. The van der Waals surface area contributed by atoms with E-state index in [9.17, 15) is 0 Å². The van der Waals surface area contributed by atoms with Crippen LogP contribution >= 0.6 is 0 Å². The Kier molecular flexibility index (Phi) is 3.00. The summed E-state index contributed by atoms with van der Waals surface area (Å²) in [5.41, 5.74) is 8.93. The van der Waals surface area contributed by atoms with Crippen LogP contribution in [0.1, 0.15) is 16.8 Å². The molecule has 0 bridgehead atoms. The van der Waals surface area contributed by atoms with E-state index in [1.807, 2.05) is 37.3 Å². The fourth-order valence-corrected chi connectivity index (χ4v) is 1.41. The molecular weight excluding hydrogens is 200 g/mol. The Bertz CT molecular complexity index is 485. The number of aromatic amines is 1. The third-order valence-corrected chi connectivity index (χ3v) is 2.42. The Hall–Kier alpha value is -2.10. The first-order valence-corrected chi connectivity index (χ1v) is 5.11. The Morgan fingerprint density at radius 2 is 2.12 bits per heavy atom. The molecule has 2 rings (SSSR count). The Morgan fingerprint density at radius 1 is 1.38 bits per heavy atom. The van der Waals surface area contributed by atoms with E-state index in [4.69, 9.17) is 5.73 Å². The van der Waals surface area contributed by atoms with Crippen molar-refractivity contribution in [2.24, 2.45) is 10.7 Å². The van der Waals surface area contributed by atoms with Gasteiger partial charge in [0, 0.05) is 16.8 Å². The lowest BCUT2D eigenvalue weighted by Crippen LogP contribution is -2.13. The molecule has 0 saturated carbocycles. The zero-order chi connectivity index (χ0) is 11.4. The van der Waals surface area contributed by atoms with E-state index >= 15 is 0 Å². The summed E-state index contributed by atoms with van der Waals surface area (Å²) < 4.78 is 0. The standard InChI is InChI=1S/C12H14N4/c1-9-11(8-15-16-9)7-14-12(13)10-5-3-2-4-6-10/h2-6,8H,7H2,1H3,(H2,13,14)(H,15,16). The van der Waals surface area contributed by atoms with Crippen LogP contribution in [0, 0.1) is 6.92 Å². The zero-order valence-electron chi connectivity index (χ0n) is 9.14. The molecule has 82 valence electrons. The number of nitrogens with zero attached hydrogens (tertiary/aromatic N) is 2. The van der Waals surface area contributed by atoms with E-state index in [0.29, 0.717) is 12.4 Å². The Morgan fingerprint density at radius 3 is 2.75 bits per heavy atom. The van der Waals surface area contributed by atoms with Crippen molar-refractivity contribution in [3.63, 3.8) is 0 Å². The molecule has 1 heterocycles. The minimum atomic E-state index is 0.557. The molecule has 0 saturated heterocycles. The van der Waals surface area contributed by atoms with E-state index in [1.165, 1.54) is 0 Å². The molecule has 0 aliphatic carbocycles. The van der Waals surface area contributed by atoms with Gasteiger partial charge in [-0.25, -0.2) is 0 Å². The topological polar surface area (TPSA) is 67.1 Å². The van der Waals surface area contributed by atoms with Crippen molar-refractivity contribution < 1.29 is 0 Å². The molecule has 0 fully saturated rings. The zero-order valence-corrected chi connectivity index (χ0v) is 9.14. The predicted molar refractivity (Wildman–Crippen MR) is 64.2 cm³/mol. The van der Waals surface area contributed by atoms with Crippen molar-refractivity contribution in [3.8, 4) is 0 Å². The number of nitrogens with two attached hydrogens (primary N) is 1. The SMILES string of the molecule is Cc1[nH]ncc1CN=C(N)c1ccccc1. The van der Waals surface area contributed by atoms with E-state index in [0.717, 1.165) is 16.8 Å². The molecular formula is C12H14N4. The van der Waals surface area contributed by atoms with E-state index in [-0.39, 0.29) is 0 Å². The summed E-state index contributed by atoms with van der Waals surface area (Å²) in [6.07, 6.45) is 1.77. The van der Waals surface area contributed by atoms with Gasteiger partial charge in [0.1, 0.15) is 5.84 Å². The number of amidine groups is 1. The first-order chi connectivity index (χ1) is 7.77. The highest BCUT2D eigenvalue weighted by atomic mass is 15.1.